The number of rotatable bonds is 9. The molecule has 0 aliphatic rings. The molecule has 0 saturated carbocycles. The fourth-order valence-electron chi connectivity index (χ4n) is 2.69. The van der Waals surface area contributed by atoms with Crippen LogP contribution in [0.25, 0.3) is 0 Å². The van der Waals surface area contributed by atoms with E-state index in [9.17, 15) is 9.59 Å². The second-order valence-electron chi connectivity index (χ2n) is 6.96. The third-order valence-corrected chi connectivity index (χ3v) is 5.66. The van der Waals surface area contributed by atoms with Gasteiger partial charge in [0, 0.05) is 33.2 Å². The van der Waals surface area contributed by atoms with E-state index in [2.05, 4.69) is 5.32 Å². The molecule has 0 saturated heterocycles. The molecule has 30 heavy (non-hydrogen) atoms. The van der Waals surface area contributed by atoms with Crippen LogP contribution in [0.4, 0.5) is 0 Å². The standard InChI is InChI=1S/C22H25Cl3N2O3/c1-4-14(2)26-22(29)15(3)27(12-18-19(24)9-6-10-20(18)25)21(28)13-30-17-8-5-7-16(23)11-17/h5-11,14-15H,4,12-13H2,1-3H3,(H,26,29)/t14-,15-/m0/s1. The third-order valence-electron chi connectivity index (χ3n) is 4.72. The van der Waals surface area contributed by atoms with E-state index in [1.54, 1.807) is 49.4 Å². The number of benzene rings is 2. The van der Waals surface area contributed by atoms with Crippen LogP contribution in [-0.2, 0) is 16.1 Å². The normalized spacial score (nSPS) is 12.7. The SMILES string of the molecule is CC[C@H](C)NC(=O)[C@H](C)N(Cc1c(Cl)cccc1Cl)C(=O)COc1cccc(Cl)c1. The molecule has 0 unspecified atom stereocenters. The van der Waals surface area contributed by atoms with E-state index in [1.807, 2.05) is 13.8 Å². The van der Waals surface area contributed by atoms with Crippen LogP contribution in [-0.4, -0.2) is 35.4 Å². The van der Waals surface area contributed by atoms with Crippen molar-refractivity contribution in [1.29, 1.82) is 0 Å². The number of amides is 2. The van der Waals surface area contributed by atoms with E-state index in [4.69, 9.17) is 39.5 Å². The topological polar surface area (TPSA) is 58.6 Å². The minimum absolute atomic E-state index is 0.0106. The van der Waals surface area contributed by atoms with Gasteiger partial charge in [-0.1, -0.05) is 53.9 Å². The van der Waals surface area contributed by atoms with Crippen LogP contribution in [0.2, 0.25) is 15.1 Å². The van der Waals surface area contributed by atoms with Crippen LogP contribution in [0, 0.1) is 0 Å². The molecular weight excluding hydrogens is 447 g/mol. The van der Waals surface area contributed by atoms with E-state index in [-0.39, 0.29) is 31.0 Å². The van der Waals surface area contributed by atoms with Gasteiger partial charge < -0.3 is 15.0 Å². The maximum absolute atomic E-state index is 13.0. The molecule has 2 rings (SSSR count). The van der Waals surface area contributed by atoms with E-state index in [0.717, 1.165) is 6.42 Å². The molecule has 0 aliphatic heterocycles. The molecule has 0 bridgehead atoms. The van der Waals surface area contributed by atoms with Crippen LogP contribution in [0.5, 0.6) is 5.75 Å². The van der Waals surface area contributed by atoms with Gasteiger partial charge in [-0.25, -0.2) is 0 Å². The molecule has 0 spiro atoms. The van der Waals surface area contributed by atoms with Gasteiger partial charge in [0.25, 0.3) is 5.91 Å². The lowest BCUT2D eigenvalue weighted by Crippen LogP contribution is -2.50. The Morgan fingerprint density at radius 2 is 1.70 bits per heavy atom. The number of nitrogens with one attached hydrogen (secondary N) is 1. The number of halogens is 3. The monoisotopic (exact) mass is 470 g/mol. The van der Waals surface area contributed by atoms with Crippen molar-refractivity contribution in [3.8, 4) is 5.75 Å². The maximum Gasteiger partial charge on any atom is 0.261 e. The molecule has 2 aromatic carbocycles. The lowest BCUT2D eigenvalue weighted by atomic mass is 10.1. The summed E-state index contributed by atoms with van der Waals surface area (Å²) >= 11 is 18.5. The molecule has 0 aromatic heterocycles. The minimum Gasteiger partial charge on any atom is -0.484 e. The molecular formula is C22H25Cl3N2O3. The Morgan fingerprint density at radius 1 is 1.07 bits per heavy atom. The van der Waals surface area contributed by atoms with Gasteiger partial charge in [0.2, 0.25) is 5.91 Å². The van der Waals surface area contributed by atoms with Crippen molar-refractivity contribution in [2.75, 3.05) is 6.61 Å². The average molecular weight is 472 g/mol. The van der Waals surface area contributed by atoms with Crippen molar-refractivity contribution in [2.24, 2.45) is 0 Å². The molecule has 162 valence electrons. The number of nitrogens with zero attached hydrogens (tertiary/aromatic N) is 1. The fourth-order valence-corrected chi connectivity index (χ4v) is 3.38. The highest BCUT2D eigenvalue weighted by molar-refractivity contribution is 6.36. The van der Waals surface area contributed by atoms with Crippen molar-refractivity contribution >= 4 is 46.6 Å². The number of hydrogen-bond acceptors (Lipinski definition) is 3. The maximum atomic E-state index is 13.0. The number of carbonyl (C=O) groups excluding carboxylic acids is 2. The molecule has 1 N–H and O–H groups in total. The van der Waals surface area contributed by atoms with Crippen molar-refractivity contribution < 1.29 is 14.3 Å². The average Bonchev–Trinajstić information content (AvgIpc) is 2.71. The summed E-state index contributed by atoms with van der Waals surface area (Å²) in [7, 11) is 0. The molecule has 2 amide bonds. The first kappa shape index (κ1) is 24.3. The Kier molecular flexibility index (Phi) is 9.28. The van der Waals surface area contributed by atoms with Gasteiger partial charge in [0.1, 0.15) is 11.8 Å². The summed E-state index contributed by atoms with van der Waals surface area (Å²) in [6, 6.07) is 11.1. The predicted octanol–water partition coefficient (Wildman–Crippen LogP) is 5.36. The molecule has 2 atom stereocenters. The van der Waals surface area contributed by atoms with E-state index in [1.165, 1.54) is 4.90 Å². The van der Waals surface area contributed by atoms with Crippen LogP contribution >= 0.6 is 34.8 Å². The number of ether oxygens (including phenoxy) is 1. The minimum atomic E-state index is -0.748. The van der Waals surface area contributed by atoms with Crippen molar-refractivity contribution in [3.63, 3.8) is 0 Å². The molecule has 0 fully saturated rings. The van der Waals surface area contributed by atoms with Crippen molar-refractivity contribution in [1.82, 2.24) is 10.2 Å². The molecule has 0 aliphatic carbocycles. The summed E-state index contributed by atoms with van der Waals surface area (Å²) in [5.41, 5.74) is 0.570. The summed E-state index contributed by atoms with van der Waals surface area (Å²) < 4.78 is 5.59. The molecule has 0 heterocycles. The van der Waals surface area contributed by atoms with Crippen LogP contribution < -0.4 is 10.1 Å². The fraction of sp³-hybridized carbons (Fsp3) is 0.364. The first-order chi connectivity index (χ1) is 14.2. The summed E-state index contributed by atoms with van der Waals surface area (Å²) in [6.45, 7) is 5.36. The smallest absolute Gasteiger partial charge is 0.261 e. The molecule has 0 radical (unpaired) electrons. The highest BCUT2D eigenvalue weighted by atomic mass is 35.5. The zero-order valence-corrected chi connectivity index (χ0v) is 19.4. The summed E-state index contributed by atoms with van der Waals surface area (Å²) in [5, 5.41) is 4.25. The highest BCUT2D eigenvalue weighted by Gasteiger charge is 2.28. The Morgan fingerprint density at radius 3 is 2.30 bits per heavy atom. The zero-order valence-electron chi connectivity index (χ0n) is 17.1. The first-order valence-electron chi connectivity index (χ1n) is 9.64. The van der Waals surface area contributed by atoms with Crippen LogP contribution in [0.15, 0.2) is 42.5 Å². The number of carbonyl (C=O) groups is 2. The summed E-state index contributed by atoms with van der Waals surface area (Å²) in [4.78, 5) is 27.2. The number of hydrogen-bond donors (Lipinski definition) is 1. The first-order valence-corrected chi connectivity index (χ1v) is 10.8. The summed E-state index contributed by atoms with van der Waals surface area (Å²) in [6.07, 6.45) is 0.778. The lowest BCUT2D eigenvalue weighted by Gasteiger charge is -2.30. The lowest BCUT2D eigenvalue weighted by molar-refractivity contribution is -0.142. The zero-order chi connectivity index (χ0) is 22.3. The van der Waals surface area contributed by atoms with Crippen LogP contribution in [0.1, 0.15) is 32.8 Å². The van der Waals surface area contributed by atoms with E-state index >= 15 is 0 Å². The largest absolute Gasteiger partial charge is 0.484 e. The quantitative estimate of drug-likeness (QED) is 0.536. The van der Waals surface area contributed by atoms with Crippen LogP contribution in [0.3, 0.4) is 0 Å². The van der Waals surface area contributed by atoms with Gasteiger partial charge in [0.05, 0.1) is 0 Å². The second kappa shape index (κ2) is 11.4. The van der Waals surface area contributed by atoms with Gasteiger partial charge in [-0.2, -0.15) is 0 Å². The summed E-state index contributed by atoms with van der Waals surface area (Å²) in [5.74, 6) is -0.176. The highest BCUT2D eigenvalue weighted by Crippen LogP contribution is 2.27. The Labute approximate surface area is 192 Å². The van der Waals surface area contributed by atoms with Gasteiger partial charge in [-0.05, 0) is 50.6 Å². The Hall–Kier alpha value is -1.95. The Balaban J connectivity index is 2.22. The van der Waals surface area contributed by atoms with Gasteiger partial charge in [-0.3, -0.25) is 9.59 Å². The third kappa shape index (κ3) is 6.79. The molecule has 5 nitrogen and oxygen atoms in total. The van der Waals surface area contributed by atoms with Gasteiger partial charge in [-0.15, -0.1) is 0 Å². The van der Waals surface area contributed by atoms with Crippen molar-refractivity contribution in [3.05, 3.63) is 63.1 Å². The molecule has 8 heteroatoms. The van der Waals surface area contributed by atoms with Crippen molar-refractivity contribution in [2.45, 2.75) is 45.8 Å². The van der Waals surface area contributed by atoms with Gasteiger partial charge >= 0.3 is 0 Å². The predicted molar refractivity (Wildman–Crippen MR) is 121 cm³/mol. The molecule has 2 aromatic rings. The van der Waals surface area contributed by atoms with E-state index in [0.29, 0.717) is 26.4 Å². The second-order valence-corrected chi connectivity index (χ2v) is 8.21. The van der Waals surface area contributed by atoms with Gasteiger partial charge in [0.15, 0.2) is 6.61 Å². The van der Waals surface area contributed by atoms with E-state index < -0.39 is 6.04 Å². The Bertz CT molecular complexity index is 871.